The third kappa shape index (κ3) is 6.66. The van der Waals surface area contributed by atoms with Crippen LogP contribution in [0.3, 0.4) is 0 Å². The zero-order valence-electron chi connectivity index (χ0n) is 23.2. The summed E-state index contributed by atoms with van der Waals surface area (Å²) in [7, 11) is 0. The van der Waals surface area contributed by atoms with Gasteiger partial charge in [-0.25, -0.2) is 14.6 Å². The molecule has 1 atom stereocenters. The van der Waals surface area contributed by atoms with Crippen LogP contribution in [0.1, 0.15) is 36.6 Å². The van der Waals surface area contributed by atoms with E-state index in [9.17, 15) is 14.4 Å². The average molecular weight is 682 g/mol. The van der Waals surface area contributed by atoms with E-state index >= 15 is 0 Å². The maximum Gasteiger partial charge on any atom is 0.344 e. The average Bonchev–Trinajstić information content (AvgIpc) is 3.31. The van der Waals surface area contributed by atoms with Crippen molar-refractivity contribution in [3.63, 3.8) is 0 Å². The molecule has 0 amide bonds. The molecule has 0 spiro atoms. The minimum atomic E-state index is -0.796. The summed E-state index contributed by atoms with van der Waals surface area (Å²) in [6.45, 7) is 3.67. The summed E-state index contributed by atoms with van der Waals surface area (Å²) in [6, 6.07) is 20.9. The van der Waals surface area contributed by atoms with Crippen LogP contribution in [0, 0.1) is 0 Å². The highest BCUT2D eigenvalue weighted by Crippen LogP contribution is 2.35. The monoisotopic (exact) mass is 680 g/mol. The van der Waals surface area contributed by atoms with Crippen molar-refractivity contribution in [2.24, 2.45) is 4.99 Å². The van der Waals surface area contributed by atoms with Crippen LogP contribution in [-0.4, -0.2) is 36.3 Å². The van der Waals surface area contributed by atoms with Crippen LogP contribution < -0.4 is 19.6 Å². The Morgan fingerprint density at radius 2 is 1.74 bits per heavy atom. The van der Waals surface area contributed by atoms with E-state index in [0.29, 0.717) is 35.8 Å². The molecule has 0 radical (unpaired) electrons. The number of hydrogen-bond donors (Lipinski definition) is 0. The minimum Gasteiger partial charge on any atom is -0.481 e. The summed E-state index contributed by atoms with van der Waals surface area (Å²) < 4.78 is 18.5. The topological polar surface area (TPSA) is 96.2 Å². The predicted octanol–water partition coefficient (Wildman–Crippen LogP) is 5.29. The second-order valence-corrected chi connectivity index (χ2v) is 11.6. The van der Waals surface area contributed by atoms with E-state index in [-0.39, 0.29) is 31.0 Å². The van der Waals surface area contributed by atoms with Gasteiger partial charge in [0.25, 0.3) is 5.56 Å². The highest BCUT2D eigenvalue weighted by atomic mass is 79.9. The molecule has 0 aliphatic carbocycles. The van der Waals surface area contributed by atoms with Crippen LogP contribution in [0.4, 0.5) is 0 Å². The van der Waals surface area contributed by atoms with Gasteiger partial charge < -0.3 is 14.2 Å². The van der Waals surface area contributed by atoms with Gasteiger partial charge in [-0.05, 0) is 71.2 Å². The smallest absolute Gasteiger partial charge is 0.344 e. The van der Waals surface area contributed by atoms with E-state index in [1.807, 2.05) is 30.3 Å². The van der Waals surface area contributed by atoms with Crippen molar-refractivity contribution in [3.8, 4) is 5.75 Å². The fourth-order valence-electron chi connectivity index (χ4n) is 4.62. The number of aromatic nitrogens is 1. The molecule has 0 saturated carbocycles. The summed E-state index contributed by atoms with van der Waals surface area (Å²) in [6.07, 6.45) is 1.75. The van der Waals surface area contributed by atoms with E-state index in [1.54, 1.807) is 62.4 Å². The molecule has 1 aliphatic rings. The Morgan fingerprint density at radius 1 is 1.02 bits per heavy atom. The molecule has 220 valence electrons. The second-order valence-electron chi connectivity index (χ2n) is 9.27. The maximum absolute atomic E-state index is 14.0. The molecule has 4 aromatic rings. The molecule has 0 N–H and O–H groups in total. The fraction of sp³-hybridized carbons (Fsp3) is 0.188. The van der Waals surface area contributed by atoms with E-state index in [0.717, 1.165) is 11.1 Å². The van der Waals surface area contributed by atoms with Crippen molar-refractivity contribution in [3.05, 3.63) is 124 Å². The van der Waals surface area contributed by atoms with Crippen LogP contribution >= 0.6 is 38.9 Å². The number of nitrogens with zero attached hydrogens (tertiary/aromatic N) is 2. The number of carbonyl (C=O) groups excluding carboxylic acids is 2. The van der Waals surface area contributed by atoms with E-state index in [4.69, 9.17) is 30.8 Å². The van der Waals surface area contributed by atoms with Crippen LogP contribution in [0.5, 0.6) is 5.75 Å². The Bertz CT molecular complexity index is 1880. The number of ether oxygens (including phenoxy) is 3. The van der Waals surface area contributed by atoms with Gasteiger partial charge in [-0.3, -0.25) is 9.36 Å². The molecule has 0 fully saturated rings. The molecule has 0 unspecified atom stereocenters. The second kappa shape index (κ2) is 13.5. The molecule has 5 rings (SSSR count). The number of rotatable bonds is 9. The first-order valence-electron chi connectivity index (χ1n) is 13.4. The van der Waals surface area contributed by atoms with Crippen molar-refractivity contribution in [1.82, 2.24) is 4.57 Å². The number of thiazole rings is 1. The first kappa shape index (κ1) is 30.5. The molecule has 8 nitrogen and oxygen atoms in total. The van der Waals surface area contributed by atoms with Crippen LogP contribution in [0.2, 0.25) is 5.02 Å². The number of esters is 2. The van der Waals surface area contributed by atoms with Gasteiger partial charge in [0.2, 0.25) is 0 Å². The highest BCUT2D eigenvalue weighted by molar-refractivity contribution is 9.10. The zero-order valence-corrected chi connectivity index (χ0v) is 26.4. The molecule has 11 heteroatoms. The third-order valence-electron chi connectivity index (χ3n) is 6.46. The first-order chi connectivity index (χ1) is 20.8. The number of fused-ring (bicyclic) bond motifs is 1. The predicted molar refractivity (Wildman–Crippen MR) is 169 cm³/mol. The lowest BCUT2D eigenvalue weighted by Gasteiger charge is -2.25. The summed E-state index contributed by atoms with van der Waals surface area (Å²) in [5, 5.41) is 0.529. The number of hydrogen-bond acceptors (Lipinski definition) is 8. The maximum atomic E-state index is 14.0. The van der Waals surface area contributed by atoms with E-state index < -0.39 is 18.0 Å². The van der Waals surface area contributed by atoms with Gasteiger partial charge in [-0.2, -0.15) is 0 Å². The molecule has 2 heterocycles. The minimum absolute atomic E-state index is 0.163. The lowest BCUT2D eigenvalue weighted by Crippen LogP contribution is -2.40. The molecule has 0 saturated heterocycles. The van der Waals surface area contributed by atoms with Crippen molar-refractivity contribution in [2.75, 3.05) is 19.8 Å². The standard InChI is InChI=1S/C32H26BrClN2O6S/c1-3-40-26(37)18-42-24-15-10-19(16-23(24)33)17-25-30(38)36-29(21-11-13-22(34)14-12-21)27(31(39)41-4-2)28(35-32(36)43-25)20-8-6-5-7-9-20/h5-17,29H,3-4,18H2,1-2H3/b25-17-/t29-/m0/s1. The van der Waals surface area contributed by atoms with Crippen molar-refractivity contribution < 1.29 is 23.8 Å². The summed E-state index contributed by atoms with van der Waals surface area (Å²) in [4.78, 5) is 44.5. The molecule has 0 bridgehead atoms. The Hall–Kier alpha value is -3.99. The molecular formula is C32H26BrClN2O6S. The van der Waals surface area contributed by atoms with Crippen molar-refractivity contribution in [2.45, 2.75) is 19.9 Å². The van der Waals surface area contributed by atoms with Crippen LogP contribution in [-0.2, 0) is 19.1 Å². The van der Waals surface area contributed by atoms with Gasteiger partial charge in [0.05, 0.1) is 39.5 Å². The SMILES string of the molecule is CCOC(=O)COc1ccc(/C=c2\sc3n(c2=O)[C@@H](c2ccc(Cl)cc2)C(C(=O)OCC)=C(c2ccccc2)N=3)cc1Br. The first-order valence-corrected chi connectivity index (χ1v) is 15.4. The molecule has 1 aliphatic heterocycles. The molecule has 3 aromatic carbocycles. The van der Waals surface area contributed by atoms with Crippen molar-refractivity contribution >= 4 is 62.6 Å². The quantitative estimate of drug-likeness (QED) is 0.223. The van der Waals surface area contributed by atoms with Crippen molar-refractivity contribution in [1.29, 1.82) is 0 Å². The highest BCUT2D eigenvalue weighted by Gasteiger charge is 2.35. The Labute approximate surface area is 264 Å². The summed E-state index contributed by atoms with van der Waals surface area (Å²) in [5.41, 5.74) is 2.53. The number of benzene rings is 3. The molecule has 1 aromatic heterocycles. The lowest BCUT2D eigenvalue weighted by atomic mass is 9.93. The summed E-state index contributed by atoms with van der Waals surface area (Å²) in [5.74, 6) is -0.561. The molecular weight excluding hydrogens is 656 g/mol. The number of halogens is 2. The lowest BCUT2D eigenvalue weighted by molar-refractivity contribution is -0.145. The third-order valence-corrected chi connectivity index (χ3v) is 8.32. The van der Waals surface area contributed by atoms with Gasteiger partial charge in [0.15, 0.2) is 11.4 Å². The van der Waals surface area contributed by atoms with Gasteiger partial charge in [0.1, 0.15) is 5.75 Å². The Balaban J connectivity index is 1.65. The largest absolute Gasteiger partial charge is 0.481 e. The van der Waals surface area contributed by atoms with E-state index in [2.05, 4.69) is 15.9 Å². The Morgan fingerprint density at radius 3 is 2.42 bits per heavy atom. The fourth-order valence-corrected chi connectivity index (χ4v) is 6.25. The number of carbonyl (C=O) groups is 2. The van der Waals surface area contributed by atoms with Gasteiger partial charge in [-0.1, -0.05) is 71.5 Å². The van der Waals surface area contributed by atoms with Gasteiger partial charge in [-0.15, -0.1) is 0 Å². The zero-order chi connectivity index (χ0) is 30.5. The van der Waals surface area contributed by atoms with Gasteiger partial charge >= 0.3 is 11.9 Å². The van der Waals surface area contributed by atoms with E-state index in [1.165, 1.54) is 15.9 Å². The summed E-state index contributed by atoms with van der Waals surface area (Å²) >= 11 is 10.9. The van der Waals surface area contributed by atoms with Crippen LogP contribution in [0.25, 0.3) is 11.8 Å². The van der Waals surface area contributed by atoms with Crippen LogP contribution in [0.15, 0.2) is 92.6 Å². The molecule has 43 heavy (non-hydrogen) atoms. The normalized spacial score (nSPS) is 14.6. The Kier molecular flexibility index (Phi) is 9.59. The van der Waals surface area contributed by atoms with Gasteiger partial charge in [0, 0.05) is 10.6 Å².